The summed E-state index contributed by atoms with van der Waals surface area (Å²) in [7, 11) is 0. The van der Waals surface area contributed by atoms with Crippen LogP contribution in [0.1, 0.15) is 41.6 Å². The van der Waals surface area contributed by atoms with Crippen LogP contribution in [0.25, 0.3) is 6.08 Å². The van der Waals surface area contributed by atoms with Crippen molar-refractivity contribution in [2.24, 2.45) is 0 Å². The van der Waals surface area contributed by atoms with Gasteiger partial charge >= 0.3 is 0 Å². The average Bonchev–Trinajstić information content (AvgIpc) is 3.26. The number of nitrogens with one attached hydrogen (secondary N) is 1. The summed E-state index contributed by atoms with van der Waals surface area (Å²) in [5.74, 6) is 1.47. The molecule has 3 aromatic heterocycles. The minimum atomic E-state index is 0.00125. The molecule has 1 amide bonds. The largest absolute Gasteiger partial charge is 0.465 e. The number of piperidine rings is 1. The molecule has 0 spiro atoms. The van der Waals surface area contributed by atoms with Crippen molar-refractivity contribution in [2.75, 3.05) is 18.4 Å². The van der Waals surface area contributed by atoms with E-state index < -0.39 is 0 Å². The highest BCUT2D eigenvalue weighted by molar-refractivity contribution is 5.91. The van der Waals surface area contributed by atoms with E-state index in [1.54, 1.807) is 30.7 Å². The zero-order valence-electron chi connectivity index (χ0n) is 17.2. The molecule has 0 unspecified atom stereocenters. The number of carbonyl (C=O) groups excluding carboxylic acids is 1. The Morgan fingerprint density at radius 2 is 2.07 bits per heavy atom. The van der Waals surface area contributed by atoms with Crippen LogP contribution in [-0.4, -0.2) is 38.8 Å². The predicted octanol–water partition coefficient (Wildman–Crippen LogP) is 4.24. The van der Waals surface area contributed by atoms with E-state index >= 15 is 0 Å². The molecule has 1 aliphatic rings. The van der Waals surface area contributed by atoms with Crippen molar-refractivity contribution < 1.29 is 9.21 Å². The second-order valence-electron chi connectivity index (χ2n) is 7.54. The molecule has 0 bridgehead atoms. The molecule has 1 aliphatic heterocycles. The van der Waals surface area contributed by atoms with E-state index in [1.807, 2.05) is 43.0 Å². The van der Waals surface area contributed by atoms with Crippen LogP contribution in [0.15, 0.2) is 53.3 Å². The third kappa shape index (κ3) is 4.92. The minimum absolute atomic E-state index is 0.00125. The molecule has 1 fully saturated rings. The van der Waals surface area contributed by atoms with Crippen molar-refractivity contribution in [1.29, 1.82) is 0 Å². The van der Waals surface area contributed by atoms with Crippen molar-refractivity contribution in [3.05, 3.63) is 71.7 Å². The lowest BCUT2D eigenvalue weighted by Crippen LogP contribution is -2.38. The number of likely N-dealkylation sites (tertiary alicyclic amines) is 1. The molecule has 7 nitrogen and oxygen atoms in total. The fourth-order valence-electron chi connectivity index (χ4n) is 3.70. The summed E-state index contributed by atoms with van der Waals surface area (Å²) in [6.45, 7) is 5.32. The van der Waals surface area contributed by atoms with Crippen LogP contribution in [0, 0.1) is 13.8 Å². The van der Waals surface area contributed by atoms with Gasteiger partial charge in [-0.05, 0) is 63.1 Å². The van der Waals surface area contributed by atoms with Crippen LogP contribution in [0.3, 0.4) is 0 Å². The SMILES string of the molecule is Cc1cc(C)nc(Nc2ccc([C@H]3CCCN(C(=O)/C=C/c4ccco4)C3)nc2)n1. The highest BCUT2D eigenvalue weighted by Gasteiger charge is 2.24. The predicted molar refractivity (Wildman–Crippen MR) is 115 cm³/mol. The van der Waals surface area contributed by atoms with E-state index in [9.17, 15) is 4.79 Å². The van der Waals surface area contributed by atoms with Gasteiger partial charge in [0.15, 0.2) is 0 Å². The summed E-state index contributed by atoms with van der Waals surface area (Å²) in [5, 5.41) is 3.21. The van der Waals surface area contributed by atoms with Gasteiger partial charge in [0.1, 0.15) is 5.76 Å². The molecule has 4 rings (SSSR count). The Hall–Kier alpha value is -3.48. The third-order valence-electron chi connectivity index (χ3n) is 5.11. The number of aromatic nitrogens is 3. The number of amides is 1. The molecule has 3 aromatic rings. The summed E-state index contributed by atoms with van der Waals surface area (Å²) in [6, 6.07) is 9.57. The van der Waals surface area contributed by atoms with E-state index in [0.717, 1.165) is 42.2 Å². The molecule has 1 saturated heterocycles. The van der Waals surface area contributed by atoms with Gasteiger partial charge in [0, 0.05) is 42.2 Å². The number of nitrogens with zero attached hydrogens (tertiary/aromatic N) is 4. The molecule has 0 aliphatic carbocycles. The maximum Gasteiger partial charge on any atom is 0.246 e. The highest BCUT2D eigenvalue weighted by atomic mass is 16.3. The zero-order chi connectivity index (χ0) is 20.9. The molecule has 0 radical (unpaired) electrons. The molecular weight excluding hydrogens is 378 g/mol. The minimum Gasteiger partial charge on any atom is -0.465 e. The Balaban J connectivity index is 1.39. The standard InChI is InChI=1S/C23H25N5O2/c1-16-13-17(2)26-23(25-16)27-19-7-9-21(24-14-19)18-5-3-11-28(15-18)22(29)10-8-20-6-4-12-30-20/h4,6-10,12-14,18H,3,5,11,15H2,1-2H3,(H,25,26,27)/b10-8+/t18-/m0/s1. The number of carbonyl (C=O) groups is 1. The number of hydrogen-bond acceptors (Lipinski definition) is 6. The van der Waals surface area contributed by atoms with E-state index in [-0.39, 0.29) is 11.8 Å². The normalized spacial score (nSPS) is 16.7. The van der Waals surface area contributed by atoms with E-state index in [0.29, 0.717) is 18.3 Å². The lowest BCUT2D eigenvalue weighted by Gasteiger charge is -2.31. The Morgan fingerprint density at radius 3 is 2.77 bits per heavy atom. The summed E-state index contributed by atoms with van der Waals surface area (Å²) in [6.07, 6.45) is 8.66. The second-order valence-corrected chi connectivity index (χ2v) is 7.54. The van der Waals surface area contributed by atoms with Gasteiger partial charge in [-0.2, -0.15) is 0 Å². The van der Waals surface area contributed by atoms with Gasteiger partial charge in [-0.1, -0.05) is 0 Å². The molecule has 7 heteroatoms. The molecule has 1 atom stereocenters. The van der Waals surface area contributed by atoms with E-state index in [4.69, 9.17) is 4.42 Å². The van der Waals surface area contributed by atoms with Gasteiger partial charge in [-0.3, -0.25) is 9.78 Å². The zero-order valence-corrected chi connectivity index (χ0v) is 17.2. The third-order valence-corrected chi connectivity index (χ3v) is 5.11. The lowest BCUT2D eigenvalue weighted by molar-refractivity contribution is -0.127. The van der Waals surface area contributed by atoms with Crippen LogP contribution in [-0.2, 0) is 4.79 Å². The first kappa shape index (κ1) is 19.8. The van der Waals surface area contributed by atoms with Gasteiger partial charge in [-0.25, -0.2) is 9.97 Å². The fraction of sp³-hybridized carbons (Fsp3) is 0.304. The van der Waals surface area contributed by atoms with Gasteiger partial charge in [0.05, 0.1) is 18.1 Å². The Kier molecular flexibility index (Phi) is 5.88. The van der Waals surface area contributed by atoms with Crippen LogP contribution >= 0.6 is 0 Å². The molecule has 154 valence electrons. The van der Waals surface area contributed by atoms with Gasteiger partial charge in [-0.15, -0.1) is 0 Å². The topological polar surface area (TPSA) is 84.2 Å². The Bertz CT molecular complexity index is 1010. The van der Waals surface area contributed by atoms with Gasteiger partial charge in [0.2, 0.25) is 11.9 Å². The summed E-state index contributed by atoms with van der Waals surface area (Å²) in [4.78, 5) is 27.8. The lowest BCUT2D eigenvalue weighted by atomic mass is 9.94. The van der Waals surface area contributed by atoms with E-state index in [2.05, 4.69) is 20.3 Å². The van der Waals surface area contributed by atoms with Crippen LogP contribution in [0.4, 0.5) is 11.6 Å². The van der Waals surface area contributed by atoms with Crippen molar-refractivity contribution in [2.45, 2.75) is 32.6 Å². The second kappa shape index (κ2) is 8.90. The van der Waals surface area contributed by atoms with Crippen LogP contribution in [0.2, 0.25) is 0 Å². The summed E-state index contributed by atoms with van der Waals surface area (Å²) < 4.78 is 5.25. The molecule has 4 heterocycles. The van der Waals surface area contributed by atoms with Gasteiger partial charge < -0.3 is 14.6 Å². The highest BCUT2D eigenvalue weighted by Crippen LogP contribution is 2.27. The maximum atomic E-state index is 12.5. The van der Waals surface area contributed by atoms with Crippen molar-refractivity contribution in [1.82, 2.24) is 19.9 Å². The van der Waals surface area contributed by atoms with Crippen molar-refractivity contribution >= 4 is 23.6 Å². The smallest absolute Gasteiger partial charge is 0.246 e. The molecule has 0 aromatic carbocycles. The van der Waals surface area contributed by atoms with Crippen LogP contribution in [0.5, 0.6) is 0 Å². The maximum absolute atomic E-state index is 12.5. The van der Waals surface area contributed by atoms with Crippen LogP contribution < -0.4 is 5.32 Å². The fourth-order valence-corrected chi connectivity index (χ4v) is 3.70. The number of rotatable bonds is 5. The summed E-state index contributed by atoms with van der Waals surface area (Å²) in [5.41, 5.74) is 3.67. The quantitative estimate of drug-likeness (QED) is 0.642. The summed E-state index contributed by atoms with van der Waals surface area (Å²) >= 11 is 0. The first-order valence-corrected chi connectivity index (χ1v) is 10.1. The van der Waals surface area contributed by atoms with Crippen molar-refractivity contribution in [3.8, 4) is 0 Å². The molecule has 1 N–H and O–H groups in total. The van der Waals surface area contributed by atoms with Gasteiger partial charge in [0.25, 0.3) is 0 Å². The average molecular weight is 403 g/mol. The number of aryl methyl sites for hydroxylation is 2. The number of hydrogen-bond donors (Lipinski definition) is 1. The first-order chi connectivity index (χ1) is 14.6. The van der Waals surface area contributed by atoms with E-state index in [1.165, 1.54) is 0 Å². The number of pyridine rings is 1. The molecular formula is C23H25N5O2. The Labute approximate surface area is 175 Å². The van der Waals surface area contributed by atoms with Crippen molar-refractivity contribution in [3.63, 3.8) is 0 Å². The molecule has 0 saturated carbocycles. The first-order valence-electron chi connectivity index (χ1n) is 10.1. The number of anilines is 2. The Morgan fingerprint density at radius 1 is 1.23 bits per heavy atom. The number of furan rings is 1. The monoisotopic (exact) mass is 403 g/mol. The molecule has 30 heavy (non-hydrogen) atoms.